The Kier molecular flexibility index (Phi) is 5.64. The van der Waals surface area contributed by atoms with E-state index in [1.165, 1.54) is 14.2 Å². The lowest BCUT2D eigenvalue weighted by molar-refractivity contribution is -0.139. The first kappa shape index (κ1) is 15.6. The molecule has 0 saturated heterocycles. The van der Waals surface area contributed by atoms with Crippen LogP contribution in [0.2, 0.25) is 0 Å². The molecule has 0 saturated carbocycles. The number of carboxylic acids is 1. The summed E-state index contributed by atoms with van der Waals surface area (Å²) < 4.78 is 10.2. The van der Waals surface area contributed by atoms with E-state index in [-0.39, 0.29) is 6.42 Å². The van der Waals surface area contributed by atoms with Gasteiger partial charge in [-0.2, -0.15) is 0 Å². The van der Waals surface area contributed by atoms with Gasteiger partial charge in [0.15, 0.2) is 0 Å². The zero-order valence-electron chi connectivity index (χ0n) is 11.6. The van der Waals surface area contributed by atoms with Crippen molar-refractivity contribution in [2.45, 2.75) is 19.4 Å². The Morgan fingerprint density at radius 3 is 2.50 bits per heavy atom. The molecule has 0 aliphatic heterocycles. The Hall–Kier alpha value is -2.44. The molecular weight excluding hydrogens is 264 g/mol. The van der Waals surface area contributed by atoms with Gasteiger partial charge in [0.1, 0.15) is 17.5 Å². The molecule has 0 spiro atoms. The molecule has 1 aromatic rings. The number of anilines is 1. The lowest BCUT2D eigenvalue weighted by atomic mass is 10.2. The summed E-state index contributed by atoms with van der Waals surface area (Å²) in [6.45, 7) is 1.67. The fraction of sp³-hybridized carbons (Fsp3) is 0.385. The molecule has 0 radical (unpaired) electrons. The van der Waals surface area contributed by atoms with Crippen molar-refractivity contribution < 1.29 is 24.2 Å². The van der Waals surface area contributed by atoms with Crippen LogP contribution in [0.5, 0.6) is 11.5 Å². The first-order valence-electron chi connectivity index (χ1n) is 6.04. The molecule has 0 heterocycles. The van der Waals surface area contributed by atoms with Crippen LogP contribution in [0.3, 0.4) is 0 Å². The molecule has 3 N–H and O–H groups in total. The summed E-state index contributed by atoms with van der Waals surface area (Å²) in [5, 5.41) is 13.8. The molecule has 1 aromatic carbocycles. The second-order valence-corrected chi connectivity index (χ2v) is 3.96. The molecule has 0 aromatic heterocycles. The second kappa shape index (κ2) is 7.22. The second-order valence-electron chi connectivity index (χ2n) is 3.96. The minimum absolute atomic E-state index is 0.290. The Labute approximate surface area is 116 Å². The van der Waals surface area contributed by atoms with Crippen LogP contribution in [0.15, 0.2) is 18.2 Å². The van der Waals surface area contributed by atoms with Crippen LogP contribution < -0.4 is 20.1 Å². The van der Waals surface area contributed by atoms with Crippen LogP contribution in [0.1, 0.15) is 13.3 Å². The van der Waals surface area contributed by atoms with Crippen molar-refractivity contribution in [3.63, 3.8) is 0 Å². The Bertz CT molecular complexity index is 490. The standard InChI is InChI=1S/C13H18N2O5/c1-4-9(12(16)17)14-13(18)15-10-7-8(19-2)5-6-11(10)20-3/h5-7,9H,4H2,1-3H3,(H,16,17)(H2,14,15,18)/t9-/m0/s1. The zero-order chi connectivity index (χ0) is 15.1. The summed E-state index contributed by atoms with van der Waals surface area (Å²) in [5.74, 6) is -0.0871. The van der Waals surface area contributed by atoms with E-state index in [2.05, 4.69) is 10.6 Å². The van der Waals surface area contributed by atoms with Gasteiger partial charge in [-0.1, -0.05) is 6.92 Å². The van der Waals surface area contributed by atoms with Gasteiger partial charge in [0.05, 0.1) is 19.9 Å². The number of carbonyl (C=O) groups excluding carboxylic acids is 1. The van der Waals surface area contributed by atoms with E-state index in [1.807, 2.05) is 0 Å². The molecule has 20 heavy (non-hydrogen) atoms. The Morgan fingerprint density at radius 1 is 1.30 bits per heavy atom. The maximum atomic E-state index is 11.8. The number of urea groups is 1. The molecule has 0 aliphatic carbocycles. The molecule has 0 unspecified atom stereocenters. The van der Waals surface area contributed by atoms with Crippen LogP contribution in [0.4, 0.5) is 10.5 Å². The van der Waals surface area contributed by atoms with Crippen molar-refractivity contribution in [2.75, 3.05) is 19.5 Å². The van der Waals surface area contributed by atoms with E-state index in [0.717, 1.165) is 0 Å². The SMILES string of the molecule is CC[C@H](NC(=O)Nc1cc(OC)ccc1OC)C(=O)O. The van der Waals surface area contributed by atoms with Crippen molar-refractivity contribution in [3.05, 3.63) is 18.2 Å². The molecule has 0 fully saturated rings. The highest BCUT2D eigenvalue weighted by atomic mass is 16.5. The van der Waals surface area contributed by atoms with Gasteiger partial charge >= 0.3 is 12.0 Å². The van der Waals surface area contributed by atoms with E-state index in [0.29, 0.717) is 17.2 Å². The normalized spacial score (nSPS) is 11.3. The summed E-state index contributed by atoms with van der Waals surface area (Å²) in [4.78, 5) is 22.6. The predicted octanol–water partition coefficient (Wildman–Crippen LogP) is 1.69. The topological polar surface area (TPSA) is 96.9 Å². The van der Waals surface area contributed by atoms with Crippen molar-refractivity contribution in [1.29, 1.82) is 0 Å². The monoisotopic (exact) mass is 282 g/mol. The van der Waals surface area contributed by atoms with Crippen LogP contribution in [0, 0.1) is 0 Å². The minimum Gasteiger partial charge on any atom is -0.497 e. The quantitative estimate of drug-likeness (QED) is 0.737. The number of methoxy groups -OCH3 is 2. The molecule has 7 heteroatoms. The van der Waals surface area contributed by atoms with Gasteiger partial charge in [-0.25, -0.2) is 9.59 Å². The predicted molar refractivity (Wildman–Crippen MR) is 73.4 cm³/mol. The maximum Gasteiger partial charge on any atom is 0.326 e. The highest BCUT2D eigenvalue weighted by Gasteiger charge is 2.18. The van der Waals surface area contributed by atoms with Gasteiger partial charge in [0, 0.05) is 6.07 Å². The first-order chi connectivity index (χ1) is 9.51. The molecule has 7 nitrogen and oxygen atoms in total. The van der Waals surface area contributed by atoms with Crippen LogP contribution >= 0.6 is 0 Å². The fourth-order valence-corrected chi connectivity index (χ4v) is 1.57. The van der Waals surface area contributed by atoms with Crippen LogP contribution in [-0.2, 0) is 4.79 Å². The highest BCUT2D eigenvalue weighted by molar-refractivity contribution is 5.93. The molecule has 0 aliphatic rings. The summed E-state index contributed by atoms with van der Waals surface area (Å²) in [6.07, 6.45) is 0.290. The van der Waals surface area contributed by atoms with E-state index in [4.69, 9.17) is 14.6 Å². The third-order valence-electron chi connectivity index (χ3n) is 2.67. The highest BCUT2D eigenvalue weighted by Crippen LogP contribution is 2.28. The first-order valence-corrected chi connectivity index (χ1v) is 6.04. The van der Waals surface area contributed by atoms with Gasteiger partial charge in [0.25, 0.3) is 0 Å². The average Bonchev–Trinajstić information content (AvgIpc) is 2.44. The number of rotatable bonds is 6. The van der Waals surface area contributed by atoms with Gasteiger partial charge in [0.2, 0.25) is 0 Å². The van der Waals surface area contributed by atoms with Crippen LogP contribution in [-0.4, -0.2) is 37.4 Å². The molecule has 1 rings (SSSR count). The number of ether oxygens (including phenoxy) is 2. The zero-order valence-corrected chi connectivity index (χ0v) is 11.6. The lowest BCUT2D eigenvalue weighted by Gasteiger charge is -2.15. The van der Waals surface area contributed by atoms with Gasteiger partial charge in [-0.05, 0) is 18.6 Å². The summed E-state index contributed by atoms with van der Waals surface area (Å²) in [6, 6.07) is 3.36. The van der Waals surface area contributed by atoms with E-state index in [9.17, 15) is 9.59 Å². The van der Waals surface area contributed by atoms with Crippen molar-refractivity contribution in [3.8, 4) is 11.5 Å². The summed E-state index contributed by atoms with van der Waals surface area (Å²) >= 11 is 0. The third-order valence-corrected chi connectivity index (χ3v) is 2.67. The maximum absolute atomic E-state index is 11.8. The van der Waals surface area contributed by atoms with E-state index in [1.54, 1.807) is 25.1 Å². The minimum atomic E-state index is -1.08. The number of hydrogen-bond donors (Lipinski definition) is 3. The summed E-state index contributed by atoms with van der Waals surface area (Å²) in [5.41, 5.74) is 0.393. The van der Waals surface area contributed by atoms with E-state index >= 15 is 0 Å². The van der Waals surface area contributed by atoms with Gasteiger partial charge < -0.3 is 25.2 Å². The molecular formula is C13H18N2O5. The van der Waals surface area contributed by atoms with Crippen LogP contribution in [0.25, 0.3) is 0 Å². The average molecular weight is 282 g/mol. The Morgan fingerprint density at radius 2 is 2.00 bits per heavy atom. The molecule has 1 atom stereocenters. The largest absolute Gasteiger partial charge is 0.497 e. The number of hydrogen-bond acceptors (Lipinski definition) is 4. The van der Waals surface area contributed by atoms with Gasteiger partial charge in [-0.15, -0.1) is 0 Å². The number of amides is 2. The lowest BCUT2D eigenvalue weighted by Crippen LogP contribution is -2.42. The van der Waals surface area contributed by atoms with Crippen molar-refractivity contribution in [1.82, 2.24) is 5.32 Å². The summed E-state index contributed by atoms with van der Waals surface area (Å²) in [7, 11) is 2.97. The molecule has 0 bridgehead atoms. The smallest absolute Gasteiger partial charge is 0.326 e. The number of carbonyl (C=O) groups is 2. The number of nitrogens with one attached hydrogen (secondary N) is 2. The third kappa shape index (κ3) is 4.04. The van der Waals surface area contributed by atoms with Crippen molar-refractivity contribution in [2.24, 2.45) is 0 Å². The Balaban J connectivity index is 2.81. The van der Waals surface area contributed by atoms with Crippen molar-refractivity contribution >= 4 is 17.7 Å². The number of benzene rings is 1. The van der Waals surface area contributed by atoms with Gasteiger partial charge in [-0.3, -0.25) is 0 Å². The number of carboxylic acid groups (broad SMARTS) is 1. The number of aliphatic carboxylic acids is 1. The van der Waals surface area contributed by atoms with E-state index < -0.39 is 18.0 Å². The molecule has 110 valence electrons. The fourth-order valence-electron chi connectivity index (χ4n) is 1.57. The molecule has 2 amide bonds.